The minimum absolute atomic E-state index is 0.669. The second kappa shape index (κ2) is 8.41. The second-order valence-electron chi connectivity index (χ2n) is 5.33. The van der Waals surface area contributed by atoms with E-state index in [1.165, 1.54) is 19.3 Å². The Balaban J connectivity index is 2.98. The molecule has 0 bridgehead atoms. The molecule has 3 N–H and O–H groups in total. The molecule has 1 saturated carbocycles. The van der Waals surface area contributed by atoms with Crippen LogP contribution in [0.15, 0.2) is 46.8 Å². The summed E-state index contributed by atoms with van der Waals surface area (Å²) in [6.07, 6.45) is 13.3. The summed E-state index contributed by atoms with van der Waals surface area (Å²) in [7, 11) is 1.86. The van der Waals surface area contributed by atoms with Crippen molar-refractivity contribution < 1.29 is 4.79 Å². The maximum absolute atomic E-state index is 11.2. The van der Waals surface area contributed by atoms with Crippen LogP contribution in [0.3, 0.4) is 0 Å². The summed E-state index contributed by atoms with van der Waals surface area (Å²) >= 11 is 0. The Morgan fingerprint density at radius 1 is 1.35 bits per heavy atom. The van der Waals surface area contributed by atoms with Crippen LogP contribution in [0.4, 0.5) is 0 Å². The Bertz CT molecular complexity index is 452. The zero-order valence-electron chi connectivity index (χ0n) is 12.8. The zero-order chi connectivity index (χ0) is 15.0. The van der Waals surface area contributed by atoms with Crippen molar-refractivity contribution in [2.24, 2.45) is 11.7 Å². The molecule has 0 aliphatic heterocycles. The van der Waals surface area contributed by atoms with Gasteiger partial charge in [-0.3, -0.25) is 4.79 Å². The Kier molecular flexibility index (Phi) is 6.85. The Morgan fingerprint density at radius 2 is 2.05 bits per heavy atom. The summed E-state index contributed by atoms with van der Waals surface area (Å²) in [5.74, 6) is 0.675. The largest absolute Gasteiger partial charge is 0.398 e. The molecule has 20 heavy (non-hydrogen) atoms. The molecular formula is C17H26N2O. The van der Waals surface area contributed by atoms with Crippen LogP contribution < -0.4 is 11.1 Å². The maximum Gasteiger partial charge on any atom is 0.146 e. The highest BCUT2D eigenvalue weighted by Gasteiger charge is 2.18. The van der Waals surface area contributed by atoms with Crippen molar-refractivity contribution in [3.8, 4) is 0 Å². The standard InChI is InChI=1S/C17H26N2O/c1-4-6-16(17(18)9-13(2)19-3)11-15(12-20)10-14-7-5-8-14/h4,6,9,11-12,14,19H,5,7-8,10,18H2,1-3H3/b6-4-,13-9+,15-11-,17-16-. The van der Waals surface area contributed by atoms with Crippen molar-refractivity contribution in [1.82, 2.24) is 5.32 Å². The fraction of sp³-hybridized carbons (Fsp3) is 0.471. The number of hydrogen-bond acceptors (Lipinski definition) is 3. The minimum atomic E-state index is 0.669. The number of allylic oxidation sites excluding steroid dienone is 7. The summed E-state index contributed by atoms with van der Waals surface area (Å²) in [5, 5.41) is 3.04. The molecule has 0 spiro atoms. The lowest BCUT2D eigenvalue weighted by Crippen LogP contribution is -2.12. The zero-order valence-corrected chi connectivity index (χ0v) is 12.8. The summed E-state index contributed by atoms with van der Waals surface area (Å²) in [5.41, 5.74) is 9.50. The van der Waals surface area contributed by atoms with E-state index in [1.807, 2.05) is 45.2 Å². The third-order valence-corrected chi connectivity index (χ3v) is 3.69. The fourth-order valence-electron chi connectivity index (χ4n) is 2.17. The lowest BCUT2D eigenvalue weighted by atomic mass is 9.80. The molecule has 3 nitrogen and oxygen atoms in total. The van der Waals surface area contributed by atoms with Crippen molar-refractivity contribution in [1.29, 1.82) is 0 Å². The van der Waals surface area contributed by atoms with Gasteiger partial charge in [0.25, 0.3) is 0 Å². The van der Waals surface area contributed by atoms with E-state index in [0.29, 0.717) is 11.6 Å². The number of carbonyl (C=O) groups is 1. The van der Waals surface area contributed by atoms with Gasteiger partial charge in [-0.25, -0.2) is 0 Å². The molecule has 0 heterocycles. The first-order chi connectivity index (χ1) is 9.60. The van der Waals surface area contributed by atoms with E-state index < -0.39 is 0 Å². The Labute approximate surface area is 122 Å². The second-order valence-corrected chi connectivity index (χ2v) is 5.33. The van der Waals surface area contributed by atoms with Gasteiger partial charge in [0, 0.05) is 18.4 Å². The summed E-state index contributed by atoms with van der Waals surface area (Å²) in [6.45, 7) is 3.90. The number of nitrogens with two attached hydrogens (primary N) is 1. The van der Waals surface area contributed by atoms with Gasteiger partial charge in [-0.05, 0) is 49.5 Å². The van der Waals surface area contributed by atoms with Gasteiger partial charge in [-0.1, -0.05) is 31.4 Å². The van der Waals surface area contributed by atoms with Crippen LogP contribution >= 0.6 is 0 Å². The van der Waals surface area contributed by atoms with E-state index in [2.05, 4.69) is 5.32 Å². The van der Waals surface area contributed by atoms with Crippen LogP contribution in [0.25, 0.3) is 0 Å². The first kappa shape index (κ1) is 16.3. The molecular weight excluding hydrogens is 248 g/mol. The van der Waals surface area contributed by atoms with Gasteiger partial charge in [0.1, 0.15) is 6.29 Å². The molecule has 1 fully saturated rings. The van der Waals surface area contributed by atoms with Gasteiger partial charge < -0.3 is 11.1 Å². The van der Waals surface area contributed by atoms with E-state index in [-0.39, 0.29) is 0 Å². The minimum Gasteiger partial charge on any atom is -0.398 e. The van der Waals surface area contributed by atoms with Crippen molar-refractivity contribution in [3.05, 3.63) is 46.8 Å². The molecule has 0 amide bonds. The van der Waals surface area contributed by atoms with E-state index in [1.54, 1.807) is 0 Å². The summed E-state index contributed by atoms with van der Waals surface area (Å²) in [6, 6.07) is 0. The predicted octanol–water partition coefficient (Wildman–Crippen LogP) is 3.21. The van der Waals surface area contributed by atoms with Gasteiger partial charge in [0.15, 0.2) is 0 Å². The maximum atomic E-state index is 11.2. The van der Waals surface area contributed by atoms with Crippen LogP contribution in [0.1, 0.15) is 39.5 Å². The average molecular weight is 274 g/mol. The third-order valence-electron chi connectivity index (χ3n) is 3.69. The third kappa shape index (κ3) is 5.08. The Hall–Kier alpha value is -1.77. The molecule has 0 unspecified atom stereocenters. The van der Waals surface area contributed by atoms with Crippen molar-refractivity contribution in [2.45, 2.75) is 39.5 Å². The Morgan fingerprint density at radius 3 is 2.50 bits per heavy atom. The van der Waals surface area contributed by atoms with Crippen molar-refractivity contribution in [2.75, 3.05) is 7.05 Å². The van der Waals surface area contributed by atoms with Gasteiger partial charge in [-0.2, -0.15) is 0 Å². The van der Waals surface area contributed by atoms with Gasteiger partial charge >= 0.3 is 0 Å². The van der Waals surface area contributed by atoms with Crippen LogP contribution in [0.5, 0.6) is 0 Å². The van der Waals surface area contributed by atoms with E-state index in [9.17, 15) is 4.79 Å². The molecule has 0 radical (unpaired) electrons. The smallest absolute Gasteiger partial charge is 0.146 e. The average Bonchev–Trinajstić information content (AvgIpc) is 2.39. The molecule has 1 aliphatic carbocycles. The van der Waals surface area contributed by atoms with Crippen LogP contribution in [-0.2, 0) is 4.79 Å². The lowest BCUT2D eigenvalue weighted by Gasteiger charge is -2.25. The molecule has 0 aromatic rings. The molecule has 3 heteroatoms. The molecule has 1 aliphatic rings. The van der Waals surface area contributed by atoms with Crippen LogP contribution in [0.2, 0.25) is 0 Å². The topological polar surface area (TPSA) is 55.1 Å². The fourth-order valence-corrected chi connectivity index (χ4v) is 2.17. The van der Waals surface area contributed by atoms with E-state index in [4.69, 9.17) is 5.73 Å². The first-order valence-electron chi connectivity index (χ1n) is 7.25. The van der Waals surface area contributed by atoms with Crippen molar-refractivity contribution in [3.63, 3.8) is 0 Å². The molecule has 0 atom stereocenters. The van der Waals surface area contributed by atoms with E-state index >= 15 is 0 Å². The van der Waals surface area contributed by atoms with Crippen LogP contribution in [-0.4, -0.2) is 13.3 Å². The first-order valence-corrected chi connectivity index (χ1v) is 7.25. The normalized spacial score (nSPS) is 18.8. The van der Waals surface area contributed by atoms with Gasteiger partial charge in [0.2, 0.25) is 0 Å². The SMILES string of the molecule is C\C=C/C(/C=C(\C=O)CC1CCC1)=C(N)\C=C(/C)NC. The highest BCUT2D eigenvalue weighted by molar-refractivity contribution is 5.75. The molecule has 0 saturated heterocycles. The summed E-state index contributed by atoms with van der Waals surface area (Å²) < 4.78 is 0. The predicted molar refractivity (Wildman–Crippen MR) is 84.9 cm³/mol. The highest BCUT2D eigenvalue weighted by Crippen LogP contribution is 2.32. The van der Waals surface area contributed by atoms with E-state index in [0.717, 1.165) is 29.6 Å². The van der Waals surface area contributed by atoms with Gasteiger partial charge in [0.05, 0.1) is 0 Å². The number of hydrogen-bond donors (Lipinski definition) is 2. The monoisotopic (exact) mass is 274 g/mol. The van der Waals surface area contributed by atoms with Gasteiger partial charge in [-0.15, -0.1) is 0 Å². The highest BCUT2D eigenvalue weighted by atomic mass is 16.1. The van der Waals surface area contributed by atoms with Crippen LogP contribution in [0, 0.1) is 5.92 Å². The summed E-state index contributed by atoms with van der Waals surface area (Å²) in [4.78, 5) is 11.2. The lowest BCUT2D eigenvalue weighted by molar-refractivity contribution is -0.105. The quantitative estimate of drug-likeness (QED) is 0.426. The number of aldehydes is 1. The number of nitrogens with one attached hydrogen (secondary N) is 1. The molecule has 1 rings (SSSR count). The number of carbonyl (C=O) groups excluding carboxylic acids is 1. The molecule has 110 valence electrons. The molecule has 0 aromatic carbocycles. The molecule has 0 aromatic heterocycles. The van der Waals surface area contributed by atoms with Crippen molar-refractivity contribution >= 4 is 6.29 Å². The number of rotatable bonds is 7.